The largest absolute Gasteiger partial charge is 0.497 e. The minimum absolute atomic E-state index is 0.141. The lowest BCUT2D eigenvalue weighted by molar-refractivity contribution is -0.123. The molecule has 3 aromatic rings. The van der Waals surface area contributed by atoms with E-state index in [0.717, 1.165) is 5.56 Å². The standard InChI is InChI=1S/C25H29N7O5/c1-36-19-9-10-20-22(14-19)37-13-12-27-25(35)21(4-2-3-11-26-24(20)34)29-23(33)18-7-5-17(6-8-18)15-32-16-28-30-31-32/h5-10,14,16,21H,2-4,11-13,15H2,1H3,(H,26,34)(H,27,35)(H,29,33)/t21-/m0/s1. The van der Waals surface area contributed by atoms with Gasteiger partial charge in [-0.25, -0.2) is 4.68 Å². The number of benzene rings is 2. The molecule has 1 aliphatic rings. The Labute approximate surface area is 213 Å². The van der Waals surface area contributed by atoms with Crippen molar-refractivity contribution in [3.8, 4) is 11.5 Å². The lowest BCUT2D eigenvalue weighted by atomic mass is 10.1. The molecule has 12 heteroatoms. The molecule has 3 N–H and O–H groups in total. The second kappa shape index (κ2) is 12.5. The molecule has 0 saturated carbocycles. The Balaban J connectivity index is 1.38. The van der Waals surface area contributed by atoms with E-state index in [1.165, 1.54) is 13.4 Å². The monoisotopic (exact) mass is 507 g/mol. The molecule has 0 aliphatic carbocycles. The quantitative estimate of drug-likeness (QED) is 0.462. The van der Waals surface area contributed by atoms with Gasteiger partial charge in [0.1, 0.15) is 30.5 Å². The number of carbonyl (C=O) groups excluding carboxylic acids is 3. The molecule has 1 aliphatic heterocycles. The summed E-state index contributed by atoms with van der Waals surface area (Å²) in [6.07, 6.45) is 3.22. The number of ether oxygens (including phenoxy) is 2. The molecule has 194 valence electrons. The number of nitrogens with zero attached hydrogens (tertiary/aromatic N) is 4. The van der Waals surface area contributed by atoms with Crippen molar-refractivity contribution in [1.29, 1.82) is 0 Å². The van der Waals surface area contributed by atoms with Crippen molar-refractivity contribution in [2.75, 3.05) is 26.8 Å². The van der Waals surface area contributed by atoms with Crippen LogP contribution in [0.25, 0.3) is 0 Å². The van der Waals surface area contributed by atoms with Crippen molar-refractivity contribution >= 4 is 17.7 Å². The van der Waals surface area contributed by atoms with E-state index in [1.54, 1.807) is 35.0 Å². The Morgan fingerprint density at radius 3 is 2.73 bits per heavy atom. The Bertz CT molecular complexity index is 1210. The van der Waals surface area contributed by atoms with Crippen molar-refractivity contribution < 1.29 is 23.9 Å². The average Bonchev–Trinajstić information content (AvgIpc) is 3.42. The fraction of sp³-hybridized carbons (Fsp3) is 0.360. The molecule has 0 fully saturated rings. The van der Waals surface area contributed by atoms with Crippen molar-refractivity contribution in [1.82, 2.24) is 36.2 Å². The first kappa shape index (κ1) is 25.6. The van der Waals surface area contributed by atoms with Gasteiger partial charge in [0.25, 0.3) is 11.8 Å². The van der Waals surface area contributed by atoms with Crippen LogP contribution in [0.15, 0.2) is 48.8 Å². The number of fused-ring (bicyclic) bond motifs is 1. The van der Waals surface area contributed by atoms with Gasteiger partial charge in [0.15, 0.2) is 0 Å². The molecular formula is C25H29N7O5. The first-order chi connectivity index (χ1) is 18.0. The van der Waals surface area contributed by atoms with E-state index in [2.05, 4.69) is 31.5 Å². The molecule has 0 unspecified atom stereocenters. The summed E-state index contributed by atoms with van der Waals surface area (Å²) in [5, 5.41) is 19.6. The molecule has 2 aromatic carbocycles. The maximum atomic E-state index is 12.9. The van der Waals surface area contributed by atoms with Crippen molar-refractivity contribution in [3.05, 3.63) is 65.5 Å². The summed E-state index contributed by atoms with van der Waals surface area (Å²) in [6, 6.07) is 11.3. The summed E-state index contributed by atoms with van der Waals surface area (Å²) in [4.78, 5) is 38.4. The minimum atomic E-state index is -0.723. The zero-order valence-electron chi connectivity index (χ0n) is 20.5. The average molecular weight is 508 g/mol. The van der Waals surface area contributed by atoms with Crippen LogP contribution in [0.5, 0.6) is 11.5 Å². The number of hydrogen-bond donors (Lipinski definition) is 3. The number of methoxy groups -OCH3 is 1. The molecule has 3 amide bonds. The highest BCUT2D eigenvalue weighted by atomic mass is 16.5. The van der Waals surface area contributed by atoms with Crippen LogP contribution in [-0.2, 0) is 11.3 Å². The minimum Gasteiger partial charge on any atom is -0.497 e. The third-order valence-electron chi connectivity index (χ3n) is 5.87. The van der Waals surface area contributed by atoms with E-state index < -0.39 is 6.04 Å². The van der Waals surface area contributed by atoms with Gasteiger partial charge in [0.2, 0.25) is 5.91 Å². The summed E-state index contributed by atoms with van der Waals surface area (Å²) in [5.41, 5.74) is 1.77. The SMILES string of the molecule is COc1ccc2c(c1)OCCNC(=O)[C@@H](NC(=O)c1ccc(Cn3cnnn3)cc1)CCCCNC2=O. The maximum Gasteiger partial charge on any atom is 0.255 e. The van der Waals surface area contributed by atoms with Crippen LogP contribution in [0, 0.1) is 0 Å². The van der Waals surface area contributed by atoms with Crippen LogP contribution >= 0.6 is 0 Å². The van der Waals surface area contributed by atoms with E-state index in [9.17, 15) is 14.4 Å². The van der Waals surface area contributed by atoms with Crippen LogP contribution in [0.2, 0.25) is 0 Å². The van der Waals surface area contributed by atoms with Gasteiger partial charge >= 0.3 is 0 Å². The highest BCUT2D eigenvalue weighted by molar-refractivity contribution is 5.98. The van der Waals surface area contributed by atoms with E-state index in [1.807, 2.05) is 12.1 Å². The van der Waals surface area contributed by atoms with Crippen LogP contribution in [-0.4, -0.2) is 70.8 Å². The smallest absolute Gasteiger partial charge is 0.255 e. The van der Waals surface area contributed by atoms with Crippen molar-refractivity contribution in [3.63, 3.8) is 0 Å². The normalized spacial score (nSPS) is 16.8. The van der Waals surface area contributed by atoms with E-state index in [-0.39, 0.29) is 30.9 Å². The topological polar surface area (TPSA) is 149 Å². The van der Waals surface area contributed by atoms with Crippen molar-refractivity contribution in [2.45, 2.75) is 31.8 Å². The number of amides is 3. The molecule has 2 heterocycles. The highest BCUT2D eigenvalue weighted by Crippen LogP contribution is 2.25. The van der Waals surface area contributed by atoms with E-state index >= 15 is 0 Å². The molecule has 37 heavy (non-hydrogen) atoms. The number of hydrogen-bond acceptors (Lipinski definition) is 8. The van der Waals surface area contributed by atoms with Gasteiger partial charge in [-0.15, -0.1) is 5.10 Å². The predicted molar refractivity (Wildman–Crippen MR) is 132 cm³/mol. The Kier molecular flexibility index (Phi) is 8.63. The molecule has 1 aromatic heterocycles. The number of aromatic nitrogens is 4. The lowest BCUT2D eigenvalue weighted by Gasteiger charge is -2.20. The number of tetrazole rings is 1. The summed E-state index contributed by atoms with van der Waals surface area (Å²) in [7, 11) is 1.53. The summed E-state index contributed by atoms with van der Waals surface area (Å²) in [5.74, 6) is 0.0478. The Hall–Kier alpha value is -4.48. The molecule has 1 atom stereocenters. The molecule has 0 radical (unpaired) electrons. The fourth-order valence-electron chi connectivity index (χ4n) is 3.88. The number of carbonyl (C=O) groups is 3. The maximum absolute atomic E-state index is 12.9. The summed E-state index contributed by atoms with van der Waals surface area (Å²) in [6.45, 7) is 1.25. The third kappa shape index (κ3) is 7.03. The number of rotatable bonds is 5. The predicted octanol–water partition coefficient (Wildman–Crippen LogP) is 0.937. The molecule has 0 saturated heterocycles. The zero-order valence-corrected chi connectivity index (χ0v) is 20.5. The number of nitrogens with one attached hydrogen (secondary N) is 3. The summed E-state index contributed by atoms with van der Waals surface area (Å²) >= 11 is 0. The fourth-order valence-corrected chi connectivity index (χ4v) is 3.88. The van der Waals surface area contributed by atoms with Gasteiger partial charge in [-0.2, -0.15) is 0 Å². The van der Waals surface area contributed by atoms with Crippen LogP contribution in [0.3, 0.4) is 0 Å². The van der Waals surface area contributed by atoms with Gasteiger partial charge < -0.3 is 25.4 Å². The molecule has 4 rings (SSSR count). The molecule has 0 bridgehead atoms. The van der Waals surface area contributed by atoms with Crippen LogP contribution in [0.4, 0.5) is 0 Å². The van der Waals surface area contributed by atoms with Crippen LogP contribution in [0.1, 0.15) is 45.5 Å². The van der Waals surface area contributed by atoms with Gasteiger partial charge in [0, 0.05) is 18.2 Å². The first-order valence-corrected chi connectivity index (χ1v) is 12.0. The molecule has 0 spiro atoms. The second-order valence-electron chi connectivity index (χ2n) is 8.48. The Morgan fingerprint density at radius 1 is 1.14 bits per heavy atom. The van der Waals surface area contributed by atoms with Crippen LogP contribution < -0.4 is 25.4 Å². The zero-order chi connectivity index (χ0) is 26.0. The second-order valence-corrected chi connectivity index (χ2v) is 8.48. The van der Waals surface area contributed by atoms with Gasteiger partial charge in [0.05, 0.1) is 25.8 Å². The van der Waals surface area contributed by atoms with E-state index in [0.29, 0.717) is 55.0 Å². The summed E-state index contributed by atoms with van der Waals surface area (Å²) < 4.78 is 12.6. The lowest BCUT2D eigenvalue weighted by Crippen LogP contribution is -2.47. The van der Waals surface area contributed by atoms with E-state index in [4.69, 9.17) is 9.47 Å². The van der Waals surface area contributed by atoms with Gasteiger partial charge in [-0.1, -0.05) is 12.1 Å². The molecule has 12 nitrogen and oxygen atoms in total. The van der Waals surface area contributed by atoms with Gasteiger partial charge in [-0.3, -0.25) is 14.4 Å². The highest BCUT2D eigenvalue weighted by Gasteiger charge is 2.22. The first-order valence-electron chi connectivity index (χ1n) is 12.0. The molecular weight excluding hydrogens is 478 g/mol. The Morgan fingerprint density at radius 2 is 1.97 bits per heavy atom. The third-order valence-corrected chi connectivity index (χ3v) is 5.87. The van der Waals surface area contributed by atoms with Crippen molar-refractivity contribution in [2.24, 2.45) is 0 Å². The van der Waals surface area contributed by atoms with Gasteiger partial charge in [-0.05, 0) is 59.5 Å².